The average molecular weight is 455 g/mol. The fourth-order valence-corrected chi connectivity index (χ4v) is 5.15. The van der Waals surface area contributed by atoms with Crippen molar-refractivity contribution in [3.8, 4) is 0 Å². The smallest absolute Gasteiger partial charge is 0.355 e. The Morgan fingerprint density at radius 2 is 1.74 bits per heavy atom. The number of nitrogens with zero attached hydrogens (tertiary/aromatic N) is 1. The largest absolute Gasteiger partial charge is 0.416 e. The van der Waals surface area contributed by atoms with Crippen molar-refractivity contribution in [2.45, 2.75) is 36.8 Å². The minimum Gasteiger partial charge on any atom is -0.355 e. The molecular weight excluding hydrogens is 429 g/mol. The fourth-order valence-electron chi connectivity index (χ4n) is 3.64. The minimum atomic E-state index is -4.62. The number of rotatable bonds is 6. The number of amides is 1. The molecule has 1 unspecified atom stereocenters. The van der Waals surface area contributed by atoms with Crippen LogP contribution >= 0.6 is 0 Å². The fraction of sp³-hybridized carbons (Fsp3) is 0.409. The average Bonchev–Trinajstić information content (AvgIpc) is 2.77. The zero-order valence-electron chi connectivity index (χ0n) is 17.1. The molecule has 2 aromatic carbocycles. The monoisotopic (exact) mass is 454 g/mol. The van der Waals surface area contributed by atoms with Gasteiger partial charge in [-0.25, -0.2) is 8.42 Å². The van der Waals surface area contributed by atoms with Crippen LogP contribution in [0.25, 0.3) is 0 Å². The van der Waals surface area contributed by atoms with Gasteiger partial charge in [-0.3, -0.25) is 4.79 Å². The maximum atomic E-state index is 12.9. The standard InChI is InChI=1S/C22H25F3N2O3S/c1-16(17-6-3-2-4-7-17)15-26-21(28)18-10-12-27(13-11-18)31(29,30)20-9-5-8-19(14-20)22(23,24)25/h2-9,14,16,18H,10-13,15H2,1H3,(H,26,28). The molecule has 2 aromatic rings. The van der Waals surface area contributed by atoms with E-state index in [2.05, 4.69) is 5.32 Å². The van der Waals surface area contributed by atoms with Crippen molar-refractivity contribution in [1.82, 2.24) is 9.62 Å². The normalized spacial score (nSPS) is 17.3. The van der Waals surface area contributed by atoms with Gasteiger partial charge < -0.3 is 5.32 Å². The molecule has 3 rings (SSSR count). The van der Waals surface area contributed by atoms with Gasteiger partial charge in [-0.05, 0) is 42.5 Å². The van der Waals surface area contributed by atoms with Gasteiger partial charge in [0.25, 0.3) is 0 Å². The second-order valence-electron chi connectivity index (χ2n) is 7.76. The van der Waals surface area contributed by atoms with E-state index >= 15 is 0 Å². The SMILES string of the molecule is CC(CNC(=O)C1CCN(S(=O)(=O)c2cccc(C(F)(F)F)c2)CC1)c1ccccc1. The van der Waals surface area contributed by atoms with Crippen LogP contribution < -0.4 is 5.32 Å². The first kappa shape index (κ1) is 23.3. The first-order chi connectivity index (χ1) is 14.6. The summed E-state index contributed by atoms with van der Waals surface area (Å²) in [5.41, 5.74) is 0.111. The maximum absolute atomic E-state index is 12.9. The molecule has 0 saturated carbocycles. The highest BCUT2D eigenvalue weighted by Gasteiger charge is 2.35. The number of alkyl halides is 3. The molecule has 1 aliphatic heterocycles. The summed E-state index contributed by atoms with van der Waals surface area (Å²) in [6, 6.07) is 13.5. The van der Waals surface area contributed by atoms with Gasteiger partial charge in [0.1, 0.15) is 0 Å². The Hall–Kier alpha value is -2.39. The lowest BCUT2D eigenvalue weighted by Crippen LogP contribution is -2.43. The van der Waals surface area contributed by atoms with Crippen molar-refractivity contribution in [3.63, 3.8) is 0 Å². The number of nitrogens with one attached hydrogen (secondary N) is 1. The zero-order valence-corrected chi connectivity index (χ0v) is 17.9. The topological polar surface area (TPSA) is 66.5 Å². The summed E-state index contributed by atoms with van der Waals surface area (Å²) in [4.78, 5) is 12.1. The van der Waals surface area contributed by atoms with Crippen LogP contribution in [0.2, 0.25) is 0 Å². The third kappa shape index (κ3) is 5.65. The number of carbonyl (C=O) groups is 1. The third-order valence-electron chi connectivity index (χ3n) is 5.57. The van der Waals surface area contributed by atoms with E-state index in [1.54, 1.807) is 0 Å². The molecule has 0 spiro atoms. The molecule has 168 valence electrons. The number of sulfonamides is 1. The van der Waals surface area contributed by atoms with Gasteiger partial charge in [0.05, 0.1) is 10.5 Å². The van der Waals surface area contributed by atoms with E-state index in [0.717, 1.165) is 28.1 Å². The predicted molar refractivity (Wildman–Crippen MR) is 111 cm³/mol. The quantitative estimate of drug-likeness (QED) is 0.717. The van der Waals surface area contributed by atoms with Crippen LogP contribution in [0, 0.1) is 5.92 Å². The van der Waals surface area contributed by atoms with Gasteiger partial charge in [0.2, 0.25) is 15.9 Å². The number of hydrogen-bond acceptors (Lipinski definition) is 3. The van der Waals surface area contributed by atoms with Gasteiger partial charge in [0.15, 0.2) is 0 Å². The Kier molecular flexibility index (Phi) is 7.06. The van der Waals surface area contributed by atoms with Crippen molar-refractivity contribution in [3.05, 3.63) is 65.7 Å². The van der Waals surface area contributed by atoms with Crippen LogP contribution in [0.3, 0.4) is 0 Å². The summed E-state index contributed by atoms with van der Waals surface area (Å²) in [7, 11) is -4.05. The molecule has 1 fully saturated rings. The summed E-state index contributed by atoms with van der Waals surface area (Å²) in [6.45, 7) is 2.67. The van der Waals surface area contributed by atoms with Gasteiger partial charge in [-0.1, -0.05) is 43.3 Å². The molecule has 0 radical (unpaired) electrons. The molecule has 1 amide bonds. The lowest BCUT2D eigenvalue weighted by Gasteiger charge is -2.31. The third-order valence-corrected chi connectivity index (χ3v) is 7.47. The maximum Gasteiger partial charge on any atom is 0.416 e. The second kappa shape index (κ2) is 9.40. The molecule has 9 heteroatoms. The van der Waals surface area contributed by atoms with E-state index in [1.807, 2.05) is 37.3 Å². The number of piperidine rings is 1. The molecule has 1 saturated heterocycles. The molecule has 31 heavy (non-hydrogen) atoms. The van der Waals surface area contributed by atoms with E-state index in [1.165, 1.54) is 0 Å². The molecule has 1 heterocycles. The van der Waals surface area contributed by atoms with Crippen LogP contribution in [0.4, 0.5) is 13.2 Å². The summed E-state index contributed by atoms with van der Waals surface area (Å²) in [5.74, 6) is -0.304. The minimum absolute atomic E-state index is 0.0882. The summed E-state index contributed by atoms with van der Waals surface area (Å²) < 4.78 is 65.5. The molecule has 1 atom stereocenters. The van der Waals surface area contributed by atoms with Crippen LogP contribution in [0.15, 0.2) is 59.5 Å². The number of hydrogen-bond donors (Lipinski definition) is 1. The Morgan fingerprint density at radius 3 is 2.35 bits per heavy atom. The molecule has 0 aliphatic carbocycles. The van der Waals surface area contributed by atoms with Crippen molar-refractivity contribution in [1.29, 1.82) is 0 Å². The van der Waals surface area contributed by atoms with Gasteiger partial charge in [-0.15, -0.1) is 0 Å². The van der Waals surface area contributed by atoms with Crippen molar-refractivity contribution in [2.24, 2.45) is 5.92 Å². The lowest BCUT2D eigenvalue weighted by molar-refractivity contribution is -0.137. The highest BCUT2D eigenvalue weighted by molar-refractivity contribution is 7.89. The Labute approximate surface area is 180 Å². The molecule has 1 N–H and O–H groups in total. The summed E-state index contributed by atoms with van der Waals surface area (Å²) >= 11 is 0. The molecule has 5 nitrogen and oxygen atoms in total. The first-order valence-corrected chi connectivity index (χ1v) is 11.5. The highest BCUT2D eigenvalue weighted by atomic mass is 32.2. The Balaban J connectivity index is 1.57. The molecule has 0 aromatic heterocycles. The van der Waals surface area contributed by atoms with Crippen LogP contribution in [-0.4, -0.2) is 38.3 Å². The Morgan fingerprint density at radius 1 is 1.10 bits per heavy atom. The zero-order chi connectivity index (χ0) is 22.6. The highest BCUT2D eigenvalue weighted by Crippen LogP contribution is 2.32. The van der Waals surface area contributed by atoms with E-state index in [9.17, 15) is 26.4 Å². The van der Waals surface area contributed by atoms with E-state index in [-0.39, 0.29) is 35.7 Å². The molecule has 0 bridgehead atoms. The van der Waals surface area contributed by atoms with Crippen LogP contribution in [-0.2, 0) is 21.0 Å². The van der Waals surface area contributed by atoms with Crippen molar-refractivity contribution < 1.29 is 26.4 Å². The van der Waals surface area contributed by atoms with Crippen LogP contribution in [0.1, 0.15) is 36.8 Å². The van der Waals surface area contributed by atoms with Gasteiger partial charge in [-0.2, -0.15) is 17.5 Å². The number of benzene rings is 2. The van der Waals surface area contributed by atoms with E-state index in [4.69, 9.17) is 0 Å². The van der Waals surface area contributed by atoms with Crippen molar-refractivity contribution >= 4 is 15.9 Å². The second-order valence-corrected chi connectivity index (χ2v) is 9.70. The molecular formula is C22H25F3N2O3S. The molecule has 1 aliphatic rings. The van der Waals surface area contributed by atoms with Gasteiger partial charge in [0, 0.05) is 25.6 Å². The Bertz CT molecular complexity index is 1000. The summed E-state index contributed by atoms with van der Waals surface area (Å²) in [6.07, 6.45) is -3.97. The van der Waals surface area contributed by atoms with Gasteiger partial charge >= 0.3 is 6.18 Å². The van der Waals surface area contributed by atoms with Crippen molar-refractivity contribution in [2.75, 3.05) is 19.6 Å². The summed E-state index contributed by atoms with van der Waals surface area (Å²) in [5, 5.41) is 2.93. The number of carbonyl (C=O) groups excluding carboxylic acids is 1. The van der Waals surface area contributed by atoms with E-state index in [0.29, 0.717) is 25.5 Å². The van der Waals surface area contributed by atoms with E-state index < -0.39 is 21.8 Å². The number of halogens is 3. The lowest BCUT2D eigenvalue weighted by atomic mass is 9.96. The first-order valence-electron chi connectivity index (χ1n) is 10.1. The predicted octanol–water partition coefficient (Wildman–Crippen LogP) is 4.03. The van der Waals surface area contributed by atoms with Crippen LogP contribution in [0.5, 0.6) is 0 Å².